The maximum atomic E-state index is 9.90. The zero-order chi connectivity index (χ0) is 6.57. The van der Waals surface area contributed by atoms with E-state index in [1.54, 1.807) is 0 Å². The van der Waals surface area contributed by atoms with Crippen molar-refractivity contribution >= 4 is 11.3 Å². The smallest absolute Gasteiger partial charge is 0.249 e. The quantitative estimate of drug-likeness (QED) is 0.568. The summed E-state index contributed by atoms with van der Waals surface area (Å²) in [6, 6.07) is 0. The van der Waals surface area contributed by atoms with Crippen LogP contribution in [0.15, 0.2) is 0 Å². The van der Waals surface area contributed by atoms with E-state index in [0.29, 0.717) is 12.5 Å². The molecule has 1 N–H and O–H groups in total. The van der Waals surface area contributed by atoms with Crippen molar-refractivity contribution < 1.29 is 8.39 Å². The standard InChI is InChI=1S/C4H10NO2S/c1-4(2)3-7-8(5)6/h4-5H,3H2,1-2H3. The lowest BCUT2D eigenvalue weighted by Gasteiger charge is -1.99. The molecule has 0 aromatic carbocycles. The van der Waals surface area contributed by atoms with Crippen LogP contribution in [0.25, 0.3) is 0 Å². The van der Waals surface area contributed by atoms with Gasteiger partial charge < -0.3 is 0 Å². The summed E-state index contributed by atoms with van der Waals surface area (Å²) in [7, 11) is 0. The Morgan fingerprint density at radius 1 is 1.75 bits per heavy atom. The summed E-state index contributed by atoms with van der Waals surface area (Å²) in [6.45, 7) is 4.27. The van der Waals surface area contributed by atoms with Gasteiger partial charge >= 0.3 is 0 Å². The lowest BCUT2D eigenvalue weighted by atomic mass is 10.2. The summed E-state index contributed by atoms with van der Waals surface area (Å²) in [5.41, 5.74) is 0. The molecule has 8 heavy (non-hydrogen) atoms. The van der Waals surface area contributed by atoms with Crippen LogP contribution < -0.4 is 5.14 Å². The Hall–Kier alpha value is 0.0700. The van der Waals surface area contributed by atoms with Crippen molar-refractivity contribution in [3.8, 4) is 0 Å². The molecule has 0 saturated heterocycles. The summed E-state index contributed by atoms with van der Waals surface area (Å²) in [4.78, 5) is 0. The number of hydrogen-bond donors (Lipinski definition) is 0. The van der Waals surface area contributed by atoms with E-state index >= 15 is 0 Å². The van der Waals surface area contributed by atoms with Gasteiger partial charge in [0.25, 0.3) is 0 Å². The first kappa shape index (κ1) is 8.07. The molecule has 3 nitrogen and oxygen atoms in total. The average molecular weight is 136 g/mol. The predicted molar refractivity (Wildman–Crippen MR) is 32.0 cm³/mol. The Morgan fingerprint density at radius 2 is 2.25 bits per heavy atom. The van der Waals surface area contributed by atoms with E-state index < -0.39 is 11.3 Å². The summed E-state index contributed by atoms with van der Waals surface area (Å²) in [5.74, 6) is 0.351. The third-order valence-electron chi connectivity index (χ3n) is 0.508. The minimum Gasteiger partial charge on any atom is -0.277 e. The van der Waals surface area contributed by atoms with Gasteiger partial charge in [0.15, 0.2) is 0 Å². The average Bonchev–Trinajstić information content (AvgIpc) is 1.61. The second-order valence-electron chi connectivity index (χ2n) is 1.91. The minimum atomic E-state index is -1.84. The molecule has 0 fully saturated rings. The molecule has 1 atom stereocenters. The van der Waals surface area contributed by atoms with E-state index in [2.05, 4.69) is 4.18 Å². The van der Waals surface area contributed by atoms with Crippen LogP contribution in [0.1, 0.15) is 13.8 Å². The molecule has 49 valence electrons. The molecule has 0 spiro atoms. The SMILES string of the molecule is CC(C)COS([NH])=O. The second-order valence-corrected chi connectivity index (χ2v) is 2.62. The molecule has 1 radical (unpaired) electrons. The summed E-state index contributed by atoms with van der Waals surface area (Å²) in [6.07, 6.45) is 0. The highest BCUT2D eigenvalue weighted by Crippen LogP contribution is 1.92. The van der Waals surface area contributed by atoms with Gasteiger partial charge in [0, 0.05) is 0 Å². The monoisotopic (exact) mass is 136 g/mol. The maximum absolute atomic E-state index is 9.90. The predicted octanol–water partition coefficient (Wildman–Crippen LogP) is 0.521. The number of hydrogen-bond acceptors (Lipinski definition) is 2. The molecule has 0 aliphatic rings. The summed E-state index contributed by atoms with van der Waals surface area (Å²) >= 11 is -1.84. The molecule has 0 aliphatic heterocycles. The van der Waals surface area contributed by atoms with Crippen LogP contribution >= 0.6 is 0 Å². The molecular weight excluding hydrogens is 126 g/mol. The van der Waals surface area contributed by atoms with Crippen molar-refractivity contribution in [3.05, 3.63) is 0 Å². The van der Waals surface area contributed by atoms with E-state index in [1.807, 2.05) is 13.8 Å². The van der Waals surface area contributed by atoms with E-state index in [-0.39, 0.29) is 0 Å². The van der Waals surface area contributed by atoms with Gasteiger partial charge in [-0.3, -0.25) is 4.18 Å². The molecule has 0 aliphatic carbocycles. The fraction of sp³-hybridized carbons (Fsp3) is 1.00. The topological polar surface area (TPSA) is 50.1 Å². The van der Waals surface area contributed by atoms with Crippen molar-refractivity contribution in [2.75, 3.05) is 6.61 Å². The Kier molecular flexibility index (Phi) is 4.03. The van der Waals surface area contributed by atoms with Gasteiger partial charge in [-0.05, 0) is 5.92 Å². The molecule has 0 amide bonds. The molecule has 0 aromatic heterocycles. The fourth-order valence-electron chi connectivity index (χ4n) is 0.198. The van der Waals surface area contributed by atoms with Crippen molar-refractivity contribution in [1.82, 2.24) is 5.14 Å². The van der Waals surface area contributed by atoms with E-state index in [0.717, 1.165) is 0 Å². The van der Waals surface area contributed by atoms with Crippen LogP contribution in [0, 0.1) is 5.92 Å². The fourth-order valence-corrected chi connectivity index (χ4v) is 0.594. The summed E-state index contributed by atoms with van der Waals surface area (Å²) < 4.78 is 14.3. The van der Waals surface area contributed by atoms with E-state index in [1.165, 1.54) is 0 Å². The Morgan fingerprint density at radius 3 is 2.38 bits per heavy atom. The number of nitrogens with one attached hydrogen (secondary N) is 1. The largest absolute Gasteiger partial charge is 0.277 e. The first-order valence-corrected chi connectivity index (χ1v) is 3.46. The normalized spacial score (nSPS) is 14.5. The van der Waals surface area contributed by atoms with Crippen molar-refractivity contribution in [3.63, 3.8) is 0 Å². The van der Waals surface area contributed by atoms with Gasteiger partial charge in [-0.2, -0.15) is 0 Å². The molecule has 0 saturated carbocycles. The molecule has 4 heteroatoms. The van der Waals surface area contributed by atoms with Crippen LogP contribution in [-0.4, -0.2) is 10.8 Å². The first-order valence-electron chi connectivity index (χ1n) is 2.39. The molecule has 0 bridgehead atoms. The minimum absolute atomic E-state index is 0.351. The highest BCUT2D eigenvalue weighted by molar-refractivity contribution is 7.77. The Balaban J connectivity index is 3.05. The third kappa shape index (κ3) is 6.07. The lowest BCUT2D eigenvalue weighted by Crippen LogP contribution is -2.04. The van der Waals surface area contributed by atoms with Crippen LogP contribution in [0.3, 0.4) is 0 Å². The van der Waals surface area contributed by atoms with Gasteiger partial charge in [-0.15, -0.1) is 5.14 Å². The zero-order valence-corrected chi connectivity index (χ0v) is 5.83. The molecule has 0 aromatic rings. The Bertz CT molecular complexity index is 84.1. The first-order chi connectivity index (χ1) is 3.63. The third-order valence-corrected chi connectivity index (χ3v) is 0.859. The molecule has 0 rings (SSSR count). The lowest BCUT2D eigenvalue weighted by molar-refractivity contribution is 0.296. The highest BCUT2D eigenvalue weighted by Gasteiger charge is 1.95. The second kappa shape index (κ2) is 4.00. The van der Waals surface area contributed by atoms with Gasteiger partial charge in [0.05, 0.1) is 6.61 Å². The van der Waals surface area contributed by atoms with Crippen LogP contribution in [0.2, 0.25) is 0 Å². The van der Waals surface area contributed by atoms with Crippen molar-refractivity contribution in [2.45, 2.75) is 13.8 Å². The highest BCUT2D eigenvalue weighted by atomic mass is 32.2. The maximum Gasteiger partial charge on any atom is 0.249 e. The van der Waals surface area contributed by atoms with E-state index in [9.17, 15) is 4.21 Å². The van der Waals surface area contributed by atoms with Crippen LogP contribution in [0.5, 0.6) is 0 Å². The summed E-state index contributed by atoms with van der Waals surface area (Å²) in [5, 5.41) is 6.42. The van der Waals surface area contributed by atoms with E-state index in [4.69, 9.17) is 5.14 Å². The van der Waals surface area contributed by atoms with Crippen LogP contribution in [0.4, 0.5) is 0 Å². The van der Waals surface area contributed by atoms with Crippen molar-refractivity contribution in [1.29, 1.82) is 0 Å². The van der Waals surface area contributed by atoms with Crippen molar-refractivity contribution in [2.24, 2.45) is 5.92 Å². The molecule has 1 unspecified atom stereocenters. The van der Waals surface area contributed by atoms with Gasteiger partial charge in [-0.1, -0.05) is 13.8 Å². The number of rotatable bonds is 3. The van der Waals surface area contributed by atoms with Gasteiger partial charge in [0.1, 0.15) is 0 Å². The molecule has 0 heterocycles. The van der Waals surface area contributed by atoms with Crippen LogP contribution in [-0.2, 0) is 15.4 Å². The van der Waals surface area contributed by atoms with Gasteiger partial charge in [0.2, 0.25) is 11.3 Å². The Labute approximate surface area is 52.0 Å². The van der Waals surface area contributed by atoms with Gasteiger partial charge in [-0.25, -0.2) is 4.21 Å². The molecular formula is C4H10NO2S. The zero-order valence-electron chi connectivity index (χ0n) is 5.01.